The predicted molar refractivity (Wildman–Crippen MR) is 329 cm³/mol. The minimum atomic E-state index is -1.00. The second kappa shape index (κ2) is 35.7. The van der Waals surface area contributed by atoms with E-state index in [0.29, 0.717) is 45.1 Å². The molecular weight excluding hydrogens is 1100 g/mol. The van der Waals surface area contributed by atoms with E-state index in [1.807, 2.05) is 105 Å². The number of hydrogen-bond donors (Lipinski definition) is 6. The van der Waals surface area contributed by atoms with Crippen LogP contribution in [0.4, 0.5) is 0 Å². The number of likely N-dealkylation sites (tertiary alicyclic amines) is 1. The molecule has 22 nitrogen and oxygen atoms in total. The van der Waals surface area contributed by atoms with Crippen LogP contribution in [-0.2, 0) is 68.5 Å². The number of hydrogen-bond acceptors (Lipinski definition) is 15. The molecule has 0 bridgehead atoms. The summed E-state index contributed by atoms with van der Waals surface area (Å²) in [6.45, 7) is 25.2. The zero-order chi connectivity index (χ0) is 64.8. The van der Waals surface area contributed by atoms with Gasteiger partial charge in [-0.25, -0.2) is 4.79 Å². The zero-order valence-corrected chi connectivity index (χ0v) is 55.2. The van der Waals surface area contributed by atoms with Crippen molar-refractivity contribution in [1.82, 2.24) is 41.3 Å². The number of benzene rings is 1. The number of rotatable bonds is 35. The molecule has 13 atom stereocenters. The lowest BCUT2D eigenvalue weighted by Gasteiger charge is -2.41. The molecule has 0 aromatic heterocycles. The Balaban J connectivity index is 1.59. The Bertz CT molecular complexity index is 2310. The first kappa shape index (κ1) is 75.0. The van der Waals surface area contributed by atoms with Crippen molar-refractivity contribution in [3.63, 3.8) is 0 Å². The number of amides is 7. The maximum atomic E-state index is 14.5. The molecule has 2 saturated heterocycles. The van der Waals surface area contributed by atoms with Gasteiger partial charge in [-0.2, -0.15) is 0 Å². The number of ether oxygens (including phenoxy) is 5. The summed E-state index contributed by atoms with van der Waals surface area (Å²) in [5.41, 5.74) is 0.0707. The number of likely N-dealkylation sites (N-methyl/N-ethyl adjacent to an activating group) is 2. The van der Waals surface area contributed by atoms with Crippen LogP contribution in [0.5, 0.6) is 0 Å². The molecule has 13 unspecified atom stereocenters. The molecule has 2 aliphatic rings. The first-order valence-electron chi connectivity index (χ1n) is 31.2. The first-order chi connectivity index (χ1) is 40.3. The summed E-state index contributed by atoms with van der Waals surface area (Å²) >= 11 is 0. The number of nitrogens with zero attached hydrogens (tertiary/aromatic N) is 3. The Hall–Kier alpha value is -5.26. The second-order valence-electron chi connectivity index (χ2n) is 26.5. The highest BCUT2D eigenvalue weighted by Crippen LogP contribution is 2.35. The van der Waals surface area contributed by atoms with Gasteiger partial charge in [0.05, 0.1) is 67.6 Å². The Morgan fingerprint density at radius 2 is 1.51 bits per heavy atom. The van der Waals surface area contributed by atoms with Crippen LogP contribution in [0.1, 0.15) is 153 Å². The first-order valence-corrected chi connectivity index (χ1v) is 31.2. The van der Waals surface area contributed by atoms with Crippen molar-refractivity contribution in [3.05, 3.63) is 35.9 Å². The van der Waals surface area contributed by atoms with Crippen LogP contribution in [0.15, 0.2) is 30.3 Å². The summed E-state index contributed by atoms with van der Waals surface area (Å²) in [7, 11) is 8.42. The Labute approximate surface area is 513 Å². The third kappa shape index (κ3) is 23.7. The summed E-state index contributed by atoms with van der Waals surface area (Å²) < 4.78 is 29.8. The fourth-order valence-electron chi connectivity index (χ4n) is 12.0. The molecule has 2 heterocycles. The van der Waals surface area contributed by atoms with Crippen molar-refractivity contribution in [2.45, 2.75) is 221 Å². The largest absolute Gasteiger partial charge is 0.464 e. The second-order valence-corrected chi connectivity index (χ2v) is 26.5. The third-order valence-electron chi connectivity index (χ3n) is 16.5. The van der Waals surface area contributed by atoms with Crippen molar-refractivity contribution < 1.29 is 67.1 Å². The van der Waals surface area contributed by atoms with E-state index in [9.17, 15) is 43.5 Å². The number of aliphatic hydroxyl groups excluding tert-OH is 1. The number of aliphatic hydroxyl groups is 1. The number of esters is 1. The lowest BCUT2D eigenvalue weighted by atomic mass is 9.86. The van der Waals surface area contributed by atoms with Crippen molar-refractivity contribution in [2.75, 3.05) is 68.2 Å². The van der Waals surface area contributed by atoms with Gasteiger partial charge in [0.25, 0.3) is 0 Å². The molecule has 86 heavy (non-hydrogen) atoms. The maximum absolute atomic E-state index is 14.5. The highest BCUT2D eigenvalue weighted by Gasteiger charge is 2.44. The van der Waals surface area contributed by atoms with Gasteiger partial charge >= 0.3 is 5.97 Å². The van der Waals surface area contributed by atoms with Gasteiger partial charge in [-0.1, -0.05) is 106 Å². The molecule has 2 aliphatic heterocycles. The van der Waals surface area contributed by atoms with Crippen LogP contribution >= 0.6 is 0 Å². The van der Waals surface area contributed by atoms with E-state index in [0.717, 1.165) is 5.56 Å². The minimum Gasteiger partial charge on any atom is -0.464 e. The predicted octanol–water partition coefficient (Wildman–Crippen LogP) is 4.77. The van der Waals surface area contributed by atoms with E-state index in [1.54, 1.807) is 23.8 Å². The summed E-state index contributed by atoms with van der Waals surface area (Å²) in [6, 6.07) is 4.99. The van der Waals surface area contributed by atoms with Gasteiger partial charge in [-0.05, 0) is 95.7 Å². The number of carbonyl (C=O) groups excluding carboxylic acids is 8. The maximum Gasteiger partial charge on any atom is 0.328 e. The van der Waals surface area contributed by atoms with Gasteiger partial charge in [-0.15, -0.1) is 0 Å². The summed E-state index contributed by atoms with van der Waals surface area (Å²) in [6.07, 6.45) is 0.958. The van der Waals surface area contributed by atoms with Crippen molar-refractivity contribution >= 4 is 47.3 Å². The third-order valence-corrected chi connectivity index (χ3v) is 16.5. The quantitative estimate of drug-likeness (QED) is 0.0395. The van der Waals surface area contributed by atoms with Crippen molar-refractivity contribution in [2.24, 2.45) is 35.0 Å². The number of methoxy groups -OCH3 is 2. The Morgan fingerprint density at radius 1 is 0.849 bits per heavy atom. The molecule has 6 N–H and O–H groups in total. The van der Waals surface area contributed by atoms with Gasteiger partial charge < -0.3 is 65.2 Å². The van der Waals surface area contributed by atoms with E-state index < -0.39 is 102 Å². The summed E-state index contributed by atoms with van der Waals surface area (Å²) in [5, 5.41) is 24.2. The van der Waals surface area contributed by atoms with Crippen LogP contribution < -0.4 is 26.6 Å². The van der Waals surface area contributed by atoms with E-state index in [2.05, 4.69) is 47.4 Å². The molecule has 490 valence electrons. The van der Waals surface area contributed by atoms with Crippen LogP contribution in [-0.4, -0.2) is 202 Å². The van der Waals surface area contributed by atoms with Gasteiger partial charge in [0.1, 0.15) is 18.1 Å². The number of nitrogens with one attached hydrogen (secondary N) is 5. The van der Waals surface area contributed by atoms with E-state index in [1.165, 1.54) is 21.1 Å². The van der Waals surface area contributed by atoms with Crippen LogP contribution in [0.3, 0.4) is 0 Å². The van der Waals surface area contributed by atoms with Crippen molar-refractivity contribution in [3.8, 4) is 0 Å². The highest BCUT2D eigenvalue weighted by molar-refractivity contribution is 5.91. The molecule has 0 saturated carbocycles. The van der Waals surface area contributed by atoms with Gasteiger partial charge in [0, 0.05) is 66.1 Å². The molecule has 1 aromatic carbocycles. The number of carbonyl (C=O) groups is 8. The molecular formula is C64H110N8O14. The highest BCUT2D eigenvalue weighted by atomic mass is 16.7. The van der Waals surface area contributed by atoms with E-state index >= 15 is 0 Å². The Kier molecular flexibility index (Phi) is 31.1. The Morgan fingerprint density at radius 3 is 2.08 bits per heavy atom. The average molecular weight is 1220 g/mol. The standard InChI is InChI=1S/C64H110N8O14/c1-19-41(6)55(71(16)61(80)53(39(2)3)69-60(79)54(40(4)5)70(14)15)49(82-17)35-51(75)72-31-23-27-48(72)56(83-18)42(7)57(76)68-47(33-44-25-21-20-22-26-44)59(78)65-29-24-32-84-62(81)43(8)67-50(74)28-30-66-58(77)45-34-52(86-64(12,13)36-45)85-46(38-73)37-63(9,10)11/h20-22,25-26,39-43,45-49,52-56,73H,19,23-24,27-38H2,1-18H3,(H,65,78)(H,66,77)(H,67,74)(H,68,76)(H,69,79). The van der Waals surface area contributed by atoms with Gasteiger partial charge in [0.15, 0.2) is 6.29 Å². The van der Waals surface area contributed by atoms with Gasteiger partial charge in [0.2, 0.25) is 41.4 Å². The zero-order valence-electron chi connectivity index (χ0n) is 55.2. The fourth-order valence-corrected chi connectivity index (χ4v) is 12.0. The molecule has 0 spiro atoms. The van der Waals surface area contributed by atoms with Crippen LogP contribution in [0.2, 0.25) is 0 Å². The average Bonchev–Trinajstić information content (AvgIpc) is 3.58. The van der Waals surface area contributed by atoms with E-state index in [4.69, 9.17) is 23.7 Å². The lowest BCUT2D eigenvalue weighted by molar-refractivity contribution is -0.257. The minimum absolute atomic E-state index is 0.00449. The molecule has 22 heteroatoms. The molecule has 0 aliphatic carbocycles. The SMILES string of the molecule is CCC(C)C(C(CC(=O)N1CCCC1C(OC)C(C)C(=O)NC(Cc1ccccc1)C(=O)NCCCOC(=O)C(C)NC(=O)CCNC(=O)C1CC(OC(CO)CC(C)(C)C)OC(C)(C)C1)OC)N(C)C(=O)C(NC(=O)C(C(C)C)N(C)C)C(C)C. The van der Waals surface area contributed by atoms with Crippen LogP contribution in [0, 0.1) is 35.0 Å². The molecule has 3 rings (SSSR count). The summed E-state index contributed by atoms with van der Waals surface area (Å²) in [5.74, 6) is -4.58. The van der Waals surface area contributed by atoms with Gasteiger partial charge in [-0.3, -0.25) is 38.5 Å². The van der Waals surface area contributed by atoms with E-state index in [-0.39, 0.29) is 98.8 Å². The molecule has 1 aromatic rings. The monoisotopic (exact) mass is 1210 g/mol. The van der Waals surface area contributed by atoms with Crippen molar-refractivity contribution in [1.29, 1.82) is 0 Å². The molecule has 2 fully saturated rings. The molecule has 7 amide bonds. The van der Waals surface area contributed by atoms with Crippen LogP contribution in [0.25, 0.3) is 0 Å². The topological polar surface area (TPSA) is 273 Å². The summed E-state index contributed by atoms with van der Waals surface area (Å²) in [4.78, 5) is 115. The normalized spacial score (nSPS) is 20.5. The molecule has 0 radical (unpaired) electrons. The lowest BCUT2D eigenvalue weighted by Crippen LogP contribution is -2.59. The smallest absolute Gasteiger partial charge is 0.328 e. The fraction of sp³-hybridized carbons (Fsp3) is 0.781.